The molecule has 0 amide bonds. The maximum atomic E-state index is 3.73. The molecule has 0 unspecified atom stereocenters. The Balaban J connectivity index is 1.40. The third kappa shape index (κ3) is 1.72. The third-order valence-corrected chi connectivity index (χ3v) is 5.83. The minimum Gasteiger partial charge on any atom is -0.314 e. The molecule has 90 valence electrons. The lowest BCUT2D eigenvalue weighted by Crippen LogP contribution is -2.47. The van der Waals surface area contributed by atoms with E-state index in [9.17, 15) is 0 Å². The van der Waals surface area contributed by atoms with Crippen LogP contribution in [0.25, 0.3) is 0 Å². The van der Waals surface area contributed by atoms with Gasteiger partial charge in [-0.05, 0) is 87.5 Å². The largest absolute Gasteiger partial charge is 0.314 e. The number of rotatable bonds is 4. The van der Waals surface area contributed by atoms with Gasteiger partial charge in [-0.25, -0.2) is 0 Å². The zero-order valence-corrected chi connectivity index (χ0v) is 10.4. The Labute approximate surface area is 99.4 Å². The minimum absolute atomic E-state index is 0.802. The molecule has 1 N–H and O–H groups in total. The first-order valence-electron chi connectivity index (χ1n) is 7.55. The summed E-state index contributed by atoms with van der Waals surface area (Å²) in [6.07, 6.45) is 13.9. The number of hydrogen-bond donors (Lipinski definition) is 1. The highest BCUT2D eigenvalue weighted by molar-refractivity contribution is 5.01. The summed E-state index contributed by atoms with van der Waals surface area (Å²) in [5.74, 6) is 3.39. The van der Waals surface area contributed by atoms with Crippen LogP contribution >= 0.6 is 0 Å². The number of nitrogens with one attached hydrogen (secondary N) is 1. The molecule has 0 aromatic rings. The Morgan fingerprint density at radius 3 is 1.94 bits per heavy atom. The van der Waals surface area contributed by atoms with Gasteiger partial charge in [0.05, 0.1) is 0 Å². The lowest BCUT2D eigenvalue weighted by molar-refractivity contribution is -0.0567. The molecule has 0 spiro atoms. The lowest BCUT2D eigenvalue weighted by Gasteiger charge is -2.57. The molecule has 1 heteroatoms. The van der Waals surface area contributed by atoms with Crippen molar-refractivity contribution in [2.24, 2.45) is 23.2 Å². The predicted molar refractivity (Wildman–Crippen MR) is 66.2 cm³/mol. The zero-order chi connectivity index (χ0) is 10.6. The third-order valence-electron chi connectivity index (χ3n) is 5.83. The van der Waals surface area contributed by atoms with Crippen LogP contribution in [-0.2, 0) is 0 Å². The van der Waals surface area contributed by atoms with E-state index in [1.54, 1.807) is 38.5 Å². The summed E-state index contributed by atoms with van der Waals surface area (Å²) >= 11 is 0. The maximum Gasteiger partial charge on any atom is 0.00682 e. The van der Waals surface area contributed by atoms with Crippen LogP contribution < -0.4 is 5.32 Å². The van der Waals surface area contributed by atoms with Gasteiger partial charge in [-0.3, -0.25) is 0 Å². The van der Waals surface area contributed by atoms with E-state index in [2.05, 4.69) is 5.32 Å². The van der Waals surface area contributed by atoms with Crippen molar-refractivity contribution in [3.05, 3.63) is 0 Å². The van der Waals surface area contributed by atoms with Crippen molar-refractivity contribution >= 4 is 0 Å². The van der Waals surface area contributed by atoms with Crippen LogP contribution in [0.15, 0.2) is 0 Å². The Morgan fingerprint density at radius 2 is 1.44 bits per heavy atom. The van der Waals surface area contributed by atoms with Crippen molar-refractivity contribution in [1.82, 2.24) is 5.32 Å². The van der Waals surface area contributed by atoms with E-state index in [4.69, 9.17) is 0 Å². The molecule has 0 radical (unpaired) electrons. The van der Waals surface area contributed by atoms with Crippen molar-refractivity contribution in [1.29, 1.82) is 0 Å². The SMILES string of the molecule is C(CC12CC3CC(CC(C3)C1)C2)NC1CC1. The Hall–Kier alpha value is -0.0400. The highest BCUT2D eigenvalue weighted by Crippen LogP contribution is 2.61. The first-order valence-corrected chi connectivity index (χ1v) is 7.55. The molecule has 5 fully saturated rings. The summed E-state index contributed by atoms with van der Waals surface area (Å²) in [7, 11) is 0. The highest BCUT2D eigenvalue weighted by Gasteiger charge is 2.50. The van der Waals surface area contributed by atoms with Gasteiger partial charge in [0.25, 0.3) is 0 Å². The summed E-state index contributed by atoms with van der Waals surface area (Å²) in [6.45, 7) is 1.32. The molecule has 0 atom stereocenters. The molecule has 0 aromatic heterocycles. The maximum absolute atomic E-state index is 3.73. The lowest BCUT2D eigenvalue weighted by atomic mass is 9.49. The topological polar surface area (TPSA) is 12.0 Å². The van der Waals surface area contributed by atoms with Gasteiger partial charge in [0.1, 0.15) is 0 Å². The molecule has 0 aliphatic heterocycles. The second-order valence-electron chi connectivity index (χ2n) is 7.40. The molecule has 5 rings (SSSR count). The van der Waals surface area contributed by atoms with E-state index < -0.39 is 0 Å². The average molecular weight is 219 g/mol. The van der Waals surface area contributed by atoms with Crippen LogP contribution in [0.1, 0.15) is 57.8 Å². The first kappa shape index (κ1) is 9.94. The summed E-state index contributed by atoms with van der Waals surface area (Å²) in [4.78, 5) is 0. The van der Waals surface area contributed by atoms with Crippen molar-refractivity contribution < 1.29 is 0 Å². The van der Waals surface area contributed by atoms with Gasteiger partial charge in [0.2, 0.25) is 0 Å². The van der Waals surface area contributed by atoms with E-state index in [1.807, 2.05) is 0 Å². The van der Waals surface area contributed by atoms with Crippen LogP contribution in [0.4, 0.5) is 0 Å². The van der Waals surface area contributed by atoms with Gasteiger partial charge in [0, 0.05) is 6.04 Å². The van der Waals surface area contributed by atoms with E-state index in [0.717, 1.165) is 29.2 Å². The van der Waals surface area contributed by atoms with Gasteiger partial charge in [-0.2, -0.15) is 0 Å². The Bertz CT molecular complexity index is 244. The molecular weight excluding hydrogens is 194 g/mol. The zero-order valence-electron chi connectivity index (χ0n) is 10.4. The fourth-order valence-electron chi connectivity index (χ4n) is 5.43. The normalized spacial score (nSPS) is 49.9. The second kappa shape index (κ2) is 3.48. The molecular formula is C15H25N. The summed E-state index contributed by atoms with van der Waals surface area (Å²) < 4.78 is 0. The monoisotopic (exact) mass is 219 g/mol. The quantitative estimate of drug-likeness (QED) is 0.764. The fourth-order valence-corrected chi connectivity index (χ4v) is 5.43. The molecule has 0 aromatic carbocycles. The van der Waals surface area contributed by atoms with Gasteiger partial charge < -0.3 is 5.32 Å². The van der Waals surface area contributed by atoms with Crippen molar-refractivity contribution in [2.75, 3.05) is 6.54 Å². The molecule has 4 bridgehead atoms. The fraction of sp³-hybridized carbons (Fsp3) is 1.00. The van der Waals surface area contributed by atoms with Crippen LogP contribution in [0, 0.1) is 23.2 Å². The van der Waals surface area contributed by atoms with Gasteiger partial charge >= 0.3 is 0 Å². The smallest absolute Gasteiger partial charge is 0.00682 e. The van der Waals surface area contributed by atoms with E-state index >= 15 is 0 Å². The summed E-state index contributed by atoms with van der Waals surface area (Å²) in [5.41, 5.74) is 0.802. The highest BCUT2D eigenvalue weighted by atomic mass is 14.9. The van der Waals surface area contributed by atoms with Crippen LogP contribution in [0.3, 0.4) is 0 Å². The van der Waals surface area contributed by atoms with Gasteiger partial charge in [0.15, 0.2) is 0 Å². The van der Waals surface area contributed by atoms with Crippen LogP contribution in [-0.4, -0.2) is 12.6 Å². The molecule has 5 aliphatic rings. The molecule has 16 heavy (non-hydrogen) atoms. The second-order valence-corrected chi connectivity index (χ2v) is 7.40. The molecule has 0 saturated heterocycles. The summed E-state index contributed by atoms with van der Waals surface area (Å²) in [5, 5.41) is 3.73. The molecule has 5 saturated carbocycles. The van der Waals surface area contributed by atoms with Crippen LogP contribution in [0.2, 0.25) is 0 Å². The molecule has 5 aliphatic carbocycles. The van der Waals surface area contributed by atoms with Crippen LogP contribution in [0.5, 0.6) is 0 Å². The van der Waals surface area contributed by atoms with Crippen molar-refractivity contribution in [2.45, 2.75) is 63.8 Å². The van der Waals surface area contributed by atoms with E-state index in [-0.39, 0.29) is 0 Å². The first-order chi connectivity index (χ1) is 7.81. The van der Waals surface area contributed by atoms with Gasteiger partial charge in [-0.15, -0.1) is 0 Å². The van der Waals surface area contributed by atoms with E-state index in [1.165, 1.54) is 25.8 Å². The Morgan fingerprint density at radius 1 is 0.875 bits per heavy atom. The Kier molecular flexibility index (Phi) is 2.16. The minimum atomic E-state index is 0.802. The standard InChI is InChI=1S/C15H25N/c1-2-14(1)16-4-3-15-8-11-5-12(9-15)7-13(6-11)10-15/h11-14,16H,1-10H2. The molecule has 1 nitrogen and oxygen atoms in total. The molecule has 0 heterocycles. The predicted octanol–water partition coefficient (Wildman–Crippen LogP) is 3.34. The van der Waals surface area contributed by atoms with Gasteiger partial charge in [-0.1, -0.05) is 0 Å². The summed E-state index contributed by atoms with van der Waals surface area (Å²) in [6, 6.07) is 0.911. The van der Waals surface area contributed by atoms with Crippen molar-refractivity contribution in [3.63, 3.8) is 0 Å². The number of hydrogen-bond acceptors (Lipinski definition) is 1. The van der Waals surface area contributed by atoms with E-state index in [0.29, 0.717) is 0 Å². The average Bonchev–Trinajstić information content (AvgIpc) is 2.98. The van der Waals surface area contributed by atoms with Crippen molar-refractivity contribution in [3.8, 4) is 0 Å².